The van der Waals surface area contributed by atoms with E-state index in [1.807, 2.05) is 37.3 Å². The number of anilines is 2. The molecule has 4 rings (SSSR count). The third-order valence-corrected chi connectivity index (χ3v) is 5.42. The lowest BCUT2D eigenvalue weighted by atomic mass is 10.1. The molecule has 7 heteroatoms. The Morgan fingerprint density at radius 1 is 1.07 bits per heavy atom. The molecule has 0 radical (unpaired) electrons. The van der Waals surface area contributed by atoms with E-state index >= 15 is 0 Å². The standard InChI is InChI=1S/C22H26N6O/c1-16-14-18(7-8-20(16)27-12-10-26(3)11-13-27)25-22(29)19-15-24-28(17(19)2)21-6-4-5-9-23-21/h4-9,14-15H,10-13H2,1-3H3,(H,25,29). The van der Waals surface area contributed by atoms with Crippen molar-refractivity contribution in [1.29, 1.82) is 0 Å². The fourth-order valence-corrected chi connectivity index (χ4v) is 3.68. The van der Waals surface area contributed by atoms with Crippen molar-refractivity contribution in [3.05, 3.63) is 65.6 Å². The maximum Gasteiger partial charge on any atom is 0.259 e. The molecule has 150 valence electrons. The number of benzene rings is 1. The molecule has 1 aliphatic heterocycles. The number of aromatic nitrogens is 3. The number of hydrogen-bond acceptors (Lipinski definition) is 5. The van der Waals surface area contributed by atoms with Crippen LogP contribution in [0.5, 0.6) is 0 Å². The molecule has 1 amide bonds. The monoisotopic (exact) mass is 390 g/mol. The van der Waals surface area contributed by atoms with Crippen molar-refractivity contribution in [3.63, 3.8) is 0 Å². The molecule has 2 aromatic heterocycles. The largest absolute Gasteiger partial charge is 0.369 e. The van der Waals surface area contributed by atoms with Crippen molar-refractivity contribution < 1.29 is 4.79 Å². The Morgan fingerprint density at radius 2 is 1.86 bits per heavy atom. The van der Waals surface area contributed by atoms with Crippen LogP contribution >= 0.6 is 0 Å². The van der Waals surface area contributed by atoms with Gasteiger partial charge in [0, 0.05) is 43.8 Å². The Hall–Kier alpha value is -3.19. The maximum atomic E-state index is 12.8. The van der Waals surface area contributed by atoms with Crippen LogP contribution in [-0.4, -0.2) is 58.8 Å². The molecular formula is C22H26N6O. The lowest BCUT2D eigenvalue weighted by Gasteiger charge is -2.35. The van der Waals surface area contributed by atoms with E-state index in [0.717, 1.165) is 43.1 Å². The van der Waals surface area contributed by atoms with Gasteiger partial charge in [-0.3, -0.25) is 4.79 Å². The van der Waals surface area contributed by atoms with Crippen LogP contribution in [0.1, 0.15) is 21.6 Å². The Kier molecular flexibility index (Phi) is 5.31. The van der Waals surface area contributed by atoms with E-state index in [2.05, 4.69) is 45.2 Å². The number of nitrogens with one attached hydrogen (secondary N) is 1. The first-order valence-corrected chi connectivity index (χ1v) is 9.84. The van der Waals surface area contributed by atoms with Gasteiger partial charge in [0.2, 0.25) is 0 Å². The minimum atomic E-state index is -0.170. The third kappa shape index (κ3) is 4.00. The molecule has 1 N–H and O–H groups in total. The quantitative estimate of drug-likeness (QED) is 0.742. The predicted octanol–water partition coefficient (Wildman–Crippen LogP) is 2.89. The van der Waals surface area contributed by atoms with Gasteiger partial charge in [-0.15, -0.1) is 0 Å². The van der Waals surface area contributed by atoms with E-state index < -0.39 is 0 Å². The van der Waals surface area contributed by atoms with Gasteiger partial charge in [0.25, 0.3) is 5.91 Å². The number of aryl methyl sites for hydroxylation is 1. The summed E-state index contributed by atoms with van der Waals surface area (Å²) < 4.78 is 1.68. The predicted molar refractivity (Wildman–Crippen MR) is 115 cm³/mol. The van der Waals surface area contributed by atoms with Crippen molar-refractivity contribution >= 4 is 17.3 Å². The van der Waals surface area contributed by atoms with E-state index in [1.165, 1.54) is 5.69 Å². The summed E-state index contributed by atoms with van der Waals surface area (Å²) in [6, 6.07) is 11.7. The smallest absolute Gasteiger partial charge is 0.259 e. The molecule has 0 spiro atoms. The highest BCUT2D eigenvalue weighted by Gasteiger charge is 2.18. The molecule has 7 nitrogen and oxygen atoms in total. The number of carbonyl (C=O) groups excluding carboxylic acids is 1. The van der Waals surface area contributed by atoms with Crippen LogP contribution in [0.25, 0.3) is 5.82 Å². The Bertz CT molecular complexity index is 1010. The molecular weight excluding hydrogens is 364 g/mol. The normalized spacial score (nSPS) is 14.8. The van der Waals surface area contributed by atoms with Gasteiger partial charge in [-0.25, -0.2) is 9.67 Å². The number of hydrogen-bond donors (Lipinski definition) is 1. The van der Waals surface area contributed by atoms with Crippen molar-refractivity contribution in [2.24, 2.45) is 0 Å². The first kappa shape index (κ1) is 19.1. The van der Waals surface area contributed by atoms with Crippen LogP contribution in [-0.2, 0) is 0 Å². The van der Waals surface area contributed by atoms with E-state index in [9.17, 15) is 4.79 Å². The second kappa shape index (κ2) is 8.05. The summed E-state index contributed by atoms with van der Waals surface area (Å²) >= 11 is 0. The average molecular weight is 390 g/mol. The van der Waals surface area contributed by atoms with Gasteiger partial charge in [-0.05, 0) is 56.8 Å². The molecule has 0 bridgehead atoms. The molecule has 29 heavy (non-hydrogen) atoms. The second-order valence-electron chi connectivity index (χ2n) is 7.49. The molecule has 1 fully saturated rings. The first-order chi connectivity index (χ1) is 14.0. The van der Waals surface area contributed by atoms with Crippen LogP contribution in [0.15, 0.2) is 48.8 Å². The highest BCUT2D eigenvalue weighted by atomic mass is 16.1. The van der Waals surface area contributed by atoms with E-state index in [1.54, 1.807) is 17.1 Å². The number of amides is 1. The Morgan fingerprint density at radius 3 is 2.55 bits per heavy atom. The van der Waals surface area contributed by atoms with E-state index in [4.69, 9.17) is 0 Å². The van der Waals surface area contributed by atoms with Crippen molar-refractivity contribution in [1.82, 2.24) is 19.7 Å². The van der Waals surface area contributed by atoms with Crippen LogP contribution in [0.3, 0.4) is 0 Å². The molecule has 0 saturated carbocycles. The van der Waals surface area contributed by atoms with E-state index in [-0.39, 0.29) is 5.91 Å². The van der Waals surface area contributed by atoms with Crippen molar-refractivity contribution in [2.75, 3.05) is 43.4 Å². The molecule has 3 aromatic rings. The SMILES string of the molecule is Cc1cc(NC(=O)c2cnn(-c3ccccn3)c2C)ccc1N1CCN(C)CC1. The molecule has 0 aliphatic carbocycles. The fourth-order valence-electron chi connectivity index (χ4n) is 3.68. The number of piperazine rings is 1. The zero-order chi connectivity index (χ0) is 20.4. The van der Waals surface area contributed by atoms with Crippen molar-refractivity contribution in [3.8, 4) is 5.82 Å². The summed E-state index contributed by atoms with van der Waals surface area (Å²) in [5.41, 5.74) is 4.47. The van der Waals surface area contributed by atoms with Gasteiger partial charge < -0.3 is 15.1 Å². The minimum absolute atomic E-state index is 0.170. The minimum Gasteiger partial charge on any atom is -0.369 e. The highest BCUT2D eigenvalue weighted by molar-refractivity contribution is 6.05. The van der Waals surface area contributed by atoms with Gasteiger partial charge in [0.05, 0.1) is 17.5 Å². The summed E-state index contributed by atoms with van der Waals surface area (Å²) in [7, 11) is 2.15. The summed E-state index contributed by atoms with van der Waals surface area (Å²) in [4.78, 5) is 21.9. The van der Waals surface area contributed by atoms with Crippen LogP contribution < -0.4 is 10.2 Å². The third-order valence-electron chi connectivity index (χ3n) is 5.42. The molecule has 1 saturated heterocycles. The van der Waals surface area contributed by atoms with Crippen molar-refractivity contribution in [2.45, 2.75) is 13.8 Å². The summed E-state index contributed by atoms with van der Waals surface area (Å²) in [5.74, 6) is 0.521. The maximum absolute atomic E-state index is 12.8. The fraction of sp³-hybridized carbons (Fsp3) is 0.318. The van der Waals surface area contributed by atoms with Crippen LogP contribution in [0.4, 0.5) is 11.4 Å². The lowest BCUT2D eigenvalue weighted by molar-refractivity contribution is 0.102. The number of nitrogens with zero attached hydrogens (tertiary/aromatic N) is 5. The van der Waals surface area contributed by atoms with Gasteiger partial charge in [-0.2, -0.15) is 5.10 Å². The first-order valence-electron chi connectivity index (χ1n) is 9.84. The number of carbonyl (C=O) groups is 1. The average Bonchev–Trinajstić information content (AvgIpc) is 3.11. The molecule has 0 atom stereocenters. The zero-order valence-electron chi connectivity index (χ0n) is 17.1. The lowest BCUT2D eigenvalue weighted by Crippen LogP contribution is -2.44. The number of likely N-dealkylation sites (N-methyl/N-ethyl adjacent to an activating group) is 1. The summed E-state index contributed by atoms with van der Waals surface area (Å²) in [6.07, 6.45) is 3.30. The summed E-state index contributed by atoms with van der Waals surface area (Å²) in [5, 5.41) is 7.33. The summed E-state index contributed by atoms with van der Waals surface area (Å²) in [6.45, 7) is 8.14. The number of rotatable bonds is 4. The number of pyridine rings is 1. The Balaban J connectivity index is 1.49. The molecule has 1 aliphatic rings. The molecule has 0 unspecified atom stereocenters. The van der Waals surface area contributed by atoms with Gasteiger partial charge in [0.15, 0.2) is 5.82 Å². The molecule has 1 aromatic carbocycles. The molecule has 3 heterocycles. The zero-order valence-corrected chi connectivity index (χ0v) is 17.1. The van der Waals surface area contributed by atoms with Gasteiger partial charge in [-0.1, -0.05) is 6.07 Å². The van der Waals surface area contributed by atoms with Gasteiger partial charge in [0.1, 0.15) is 0 Å². The second-order valence-corrected chi connectivity index (χ2v) is 7.49. The van der Waals surface area contributed by atoms with E-state index in [0.29, 0.717) is 11.4 Å². The van der Waals surface area contributed by atoms with Crippen LogP contribution in [0, 0.1) is 13.8 Å². The topological polar surface area (TPSA) is 66.3 Å². The van der Waals surface area contributed by atoms with Crippen LogP contribution in [0.2, 0.25) is 0 Å². The highest BCUT2D eigenvalue weighted by Crippen LogP contribution is 2.25. The Labute approximate surface area is 171 Å². The van der Waals surface area contributed by atoms with Gasteiger partial charge >= 0.3 is 0 Å².